The van der Waals surface area contributed by atoms with Gasteiger partial charge in [0.1, 0.15) is 0 Å². The van der Waals surface area contributed by atoms with Gasteiger partial charge in [0, 0.05) is 13.1 Å². The van der Waals surface area contributed by atoms with Crippen LogP contribution < -0.4 is 0 Å². The second-order valence-corrected chi connectivity index (χ2v) is 5.96. The highest BCUT2D eigenvalue weighted by Gasteiger charge is 2.22. The van der Waals surface area contributed by atoms with Gasteiger partial charge < -0.3 is 4.90 Å². The highest BCUT2D eigenvalue weighted by atomic mass is 16.2. The molecule has 5 nitrogen and oxygen atoms in total. The normalized spacial score (nSPS) is 12.2. The van der Waals surface area contributed by atoms with Crippen LogP contribution in [0.25, 0.3) is 5.69 Å². The zero-order valence-electron chi connectivity index (χ0n) is 14.5. The summed E-state index contributed by atoms with van der Waals surface area (Å²) in [7, 11) is 1.90. The fraction of sp³-hybridized carbons (Fsp3) is 0.500. The molecule has 2 aromatic rings. The molecule has 0 aliphatic heterocycles. The summed E-state index contributed by atoms with van der Waals surface area (Å²) in [4.78, 5) is 16.4. The minimum atomic E-state index is 0.0314. The average molecular weight is 314 g/mol. The molecule has 1 unspecified atom stereocenters. The van der Waals surface area contributed by atoms with Gasteiger partial charge in [0.25, 0.3) is 5.91 Å². The van der Waals surface area contributed by atoms with E-state index in [9.17, 15) is 4.79 Å². The molecule has 0 aliphatic carbocycles. The van der Waals surface area contributed by atoms with Gasteiger partial charge in [-0.1, -0.05) is 38.3 Å². The van der Waals surface area contributed by atoms with E-state index in [1.165, 1.54) is 4.80 Å². The van der Waals surface area contributed by atoms with Gasteiger partial charge in [0.2, 0.25) is 0 Å². The predicted octanol–water partition coefficient (Wildman–Crippen LogP) is 3.62. The van der Waals surface area contributed by atoms with E-state index in [0.29, 0.717) is 5.56 Å². The summed E-state index contributed by atoms with van der Waals surface area (Å²) in [6.45, 7) is 6.30. The van der Waals surface area contributed by atoms with Crippen LogP contribution in [0.2, 0.25) is 0 Å². The minimum Gasteiger partial charge on any atom is -0.339 e. The van der Waals surface area contributed by atoms with Gasteiger partial charge in [-0.05, 0) is 31.9 Å². The van der Waals surface area contributed by atoms with Crippen LogP contribution in [0, 0.1) is 6.92 Å². The van der Waals surface area contributed by atoms with Crippen molar-refractivity contribution in [3.8, 4) is 5.69 Å². The maximum absolute atomic E-state index is 13.0. The molecule has 1 atom stereocenters. The van der Waals surface area contributed by atoms with E-state index in [1.807, 2.05) is 37.1 Å². The van der Waals surface area contributed by atoms with Crippen molar-refractivity contribution in [2.75, 3.05) is 7.05 Å². The van der Waals surface area contributed by atoms with Crippen LogP contribution >= 0.6 is 0 Å². The molecule has 1 heterocycles. The molecule has 1 amide bonds. The molecule has 0 saturated carbocycles. The summed E-state index contributed by atoms with van der Waals surface area (Å²) >= 11 is 0. The van der Waals surface area contributed by atoms with Crippen LogP contribution in [0.15, 0.2) is 30.6 Å². The fourth-order valence-corrected chi connectivity index (χ4v) is 2.80. The van der Waals surface area contributed by atoms with E-state index in [4.69, 9.17) is 0 Å². The summed E-state index contributed by atoms with van der Waals surface area (Å²) in [5.74, 6) is 0.0314. The van der Waals surface area contributed by atoms with Gasteiger partial charge in [-0.2, -0.15) is 15.0 Å². The molecule has 124 valence electrons. The first-order chi connectivity index (χ1) is 11.1. The summed E-state index contributed by atoms with van der Waals surface area (Å²) < 4.78 is 0. The highest BCUT2D eigenvalue weighted by Crippen LogP contribution is 2.20. The Kier molecular flexibility index (Phi) is 5.90. The molecule has 1 aromatic carbocycles. The molecule has 0 spiro atoms. The lowest BCUT2D eigenvalue weighted by Gasteiger charge is -2.28. The van der Waals surface area contributed by atoms with Crippen molar-refractivity contribution in [1.29, 1.82) is 0 Å². The van der Waals surface area contributed by atoms with Crippen molar-refractivity contribution in [2.45, 2.75) is 52.5 Å². The lowest BCUT2D eigenvalue weighted by molar-refractivity contribution is 0.0717. The van der Waals surface area contributed by atoms with Crippen LogP contribution in [0.3, 0.4) is 0 Å². The monoisotopic (exact) mass is 314 g/mol. The van der Waals surface area contributed by atoms with E-state index < -0.39 is 0 Å². The van der Waals surface area contributed by atoms with Gasteiger partial charge in [-0.15, -0.1) is 0 Å². The maximum Gasteiger partial charge on any atom is 0.256 e. The zero-order chi connectivity index (χ0) is 16.8. The van der Waals surface area contributed by atoms with Gasteiger partial charge in [0.15, 0.2) is 0 Å². The first kappa shape index (κ1) is 17.2. The predicted molar refractivity (Wildman–Crippen MR) is 91.8 cm³/mol. The van der Waals surface area contributed by atoms with Crippen molar-refractivity contribution < 1.29 is 4.79 Å². The molecule has 23 heavy (non-hydrogen) atoms. The van der Waals surface area contributed by atoms with Crippen molar-refractivity contribution in [3.05, 3.63) is 41.7 Å². The van der Waals surface area contributed by atoms with Crippen molar-refractivity contribution in [2.24, 2.45) is 0 Å². The molecular weight excluding hydrogens is 288 g/mol. The molecule has 1 aromatic heterocycles. The molecule has 0 bridgehead atoms. The maximum atomic E-state index is 13.0. The number of aromatic nitrogens is 3. The molecule has 5 heteroatoms. The number of amides is 1. The van der Waals surface area contributed by atoms with Gasteiger partial charge in [0.05, 0.1) is 23.6 Å². The third-order valence-corrected chi connectivity index (χ3v) is 4.25. The number of rotatable bonds is 7. The quantitative estimate of drug-likeness (QED) is 0.784. The summed E-state index contributed by atoms with van der Waals surface area (Å²) in [6.07, 6.45) is 7.52. The topological polar surface area (TPSA) is 51.0 Å². The molecule has 0 aliphatic rings. The first-order valence-electron chi connectivity index (χ1n) is 8.33. The van der Waals surface area contributed by atoms with Crippen molar-refractivity contribution in [1.82, 2.24) is 19.9 Å². The molecule has 0 saturated heterocycles. The number of carbonyl (C=O) groups excluding carboxylic acids is 1. The zero-order valence-corrected chi connectivity index (χ0v) is 14.5. The number of unbranched alkanes of at least 4 members (excludes halogenated alkanes) is 1. The molecule has 0 fully saturated rings. The van der Waals surface area contributed by atoms with E-state index in [0.717, 1.165) is 36.9 Å². The Bertz CT molecular complexity index is 636. The molecule has 0 N–H and O–H groups in total. The van der Waals surface area contributed by atoms with E-state index >= 15 is 0 Å². The van der Waals surface area contributed by atoms with Gasteiger partial charge in [-0.3, -0.25) is 4.79 Å². The highest BCUT2D eigenvalue weighted by molar-refractivity contribution is 5.98. The standard InChI is InChI=1S/C18H26N4O/c1-5-7-8-15(6-2)21(4)18(23)16-13-14(3)9-10-17(16)22-19-11-12-20-22/h9-13,15H,5-8H2,1-4H3. The van der Waals surface area contributed by atoms with Crippen LogP contribution in [-0.2, 0) is 0 Å². The third kappa shape index (κ3) is 3.97. The van der Waals surface area contributed by atoms with E-state index in [-0.39, 0.29) is 11.9 Å². The van der Waals surface area contributed by atoms with Crippen molar-refractivity contribution in [3.63, 3.8) is 0 Å². The molecular formula is C18H26N4O. The fourth-order valence-electron chi connectivity index (χ4n) is 2.80. The van der Waals surface area contributed by atoms with Crippen LogP contribution in [-0.4, -0.2) is 38.9 Å². The smallest absolute Gasteiger partial charge is 0.256 e. The Morgan fingerprint density at radius 1 is 1.26 bits per heavy atom. The average Bonchev–Trinajstić information content (AvgIpc) is 3.08. The minimum absolute atomic E-state index is 0.0314. The SMILES string of the molecule is CCCCC(CC)N(C)C(=O)c1cc(C)ccc1-n1nccn1. The van der Waals surface area contributed by atoms with Gasteiger partial charge in [-0.25, -0.2) is 0 Å². The Labute approximate surface area is 138 Å². The number of nitrogens with zero attached hydrogens (tertiary/aromatic N) is 4. The first-order valence-corrected chi connectivity index (χ1v) is 8.33. The van der Waals surface area contributed by atoms with Crippen molar-refractivity contribution >= 4 is 5.91 Å². The summed E-state index contributed by atoms with van der Waals surface area (Å²) in [5.41, 5.74) is 2.43. The molecule has 2 rings (SSSR count). The number of hydrogen-bond donors (Lipinski definition) is 0. The second-order valence-electron chi connectivity index (χ2n) is 5.96. The number of aryl methyl sites for hydroxylation is 1. The van der Waals surface area contributed by atoms with Crippen LogP contribution in [0.5, 0.6) is 0 Å². The Morgan fingerprint density at radius 2 is 1.96 bits per heavy atom. The summed E-state index contributed by atoms with van der Waals surface area (Å²) in [6, 6.07) is 6.07. The Morgan fingerprint density at radius 3 is 2.57 bits per heavy atom. The third-order valence-electron chi connectivity index (χ3n) is 4.25. The lowest BCUT2D eigenvalue weighted by Crippen LogP contribution is -2.37. The number of benzene rings is 1. The lowest BCUT2D eigenvalue weighted by atomic mass is 10.0. The number of carbonyl (C=O) groups is 1. The number of hydrogen-bond acceptors (Lipinski definition) is 3. The van der Waals surface area contributed by atoms with Crippen LogP contribution in [0.1, 0.15) is 55.5 Å². The van der Waals surface area contributed by atoms with E-state index in [2.05, 4.69) is 24.0 Å². The van der Waals surface area contributed by atoms with Gasteiger partial charge >= 0.3 is 0 Å². The van der Waals surface area contributed by atoms with E-state index in [1.54, 1.807) is 12.4 Å². The Hall–Kier alpha value is -2.17. The summed E-state index contributed by atoms with van der Waals surface area (Å²) in [5, 5.41) is 8.34. The molecule has 0 radical (unpaired) electrons. The second kappa shape index (κ2) is 7.90. The largest absolute Gasteiger partial charge is 0.339 e. The van der Waals surface area contributed by atoms with Crippen LogP contribution in [0.4, 0.5) is 0 Å². The Balaban J connectivity index is 2.32.